The fourth-order valence-corrected chi connectivity index (χ4v) is 4.70. The average molecular weight is 498 g/mol. The number of carbonyl (C=O) groups is 4. The molecular weight excluding hydrogens is 476 g/mol. The minimum atomic E-state index is -0.525. The Kier molecular flexibility index (Phi) is 5.48. The molecule has 1 fully saturated rings. The zero-order chi connectivity index (χ0) is 25.5. The van der Waals surface area contributed by atoms with Crippen LogP contribution in [0.2, 0.25) is 0 Å². The predicted octanol–water partition coefficient (Wildman–Crippen LogP) is 3.01. The molecule has 3 aliphatic rings. The van der Waals surface area contributed by atoms with Gasteiger partial charge >= 0.3 is 0 Å². The van der Waals surface area contributed by atoms with E-state index in [0.717, 1.165) is 0 Å². The Hall–Kier alpha value is -4.86. The van der Waals surface area contributed by atoms with Gasteiger partial charge in [-0.1, -0.05) is 12.1 Å². The Bertz CT molecular complexity index is 1440. The largest absolute Gasteiger partial charge is 0.454 e. The zero-order valence-electron chi connectivity index (χ0n) is 19.6. The smallest absolute Gasteiger partial charge is 0.258 e. The molecule has 0 spiro atoms. The second kappa shape index (κ2) is 8.98. The van der Waals surface area contributed by atoms with E-state index in [1.165, 1.54) is 4.90 Å². The van der Waals surface area contributed by atoms with Gasteiger partial charge in [-0.05, 0) is 48.5 Å². The number of benzene rings is 3. The van der Waals surface area contributed by atoms with E-state index < -0.39 is 5.92 Å². The van der Waals surface area contributed by atoms with E-state index in [-0.39, 0.29) is 49.9 Å². The lowest BCUT2D eigenvalue weighted by molar-refractivity contribution is -0.122. The highest BCUT2D eigenvalue weighted by molar-refractivity contribution is 6.15. The van der Waals surface area contributed by atoms with E-state index in [9.17, 15) is 19.2 Å². The second-order valence-electron chi connectivity index (χ2n) is 8.97. The minimum Gasteiger partial charge on any atom is -0.454 e. The fourth-order valence-electron chi connectivity index (χ4n) is 4.70. The molecule has 0 radical (unpaired) electrons. The van der Waals surface area contributed by atoms with Crippen LogP contribution in [-0.4, -0.2) is 43.5 Å². The summed E-state index contributed by atoms with van der Waals surface area (Å²) in [4.78, 5) is 53.7. The third kappa shape index (κ3) is 4.22. The van der Waals surface area contributed by atoms with E-state index in [0.29, 0.717) is 39.8 Å². The predicted molar refractivity (Wildman–Crippen MR) is 135 cm³/mol. The number of nitrogens with zero attached hydrogens (tertiary/aromatic N) is 2. The molecule has 0 aromatic heterocycles. The molecule has 3 aliphatic heterocycles. The van der Waals surface area contributed by atoms with Crippen molar-refractivity contribution in [2.24, 2.45) is 5.92 Å². The summed E-state index contributed by atoms with van der Waals surface area (Å²) in [5, 5.41) is 5.60. The molecule has 2 N–H and O–H groups in total. The van der Waals surface area contributed by atoms with Gasteiger partial charge in [-0.15, -0.1) is 0 Å². The van der Waals surface area contributed by atoms with E-state index in [4.69, 9.17) is 9.47 Å². The summed E-state index contributed by atoms with van der Waals surface area (Å²) in [6.07, 6.45) is 0.0906. The third-order valence-corrected chi connectivity index (χ3v) is 6.58. The molecule has 1 atom stereocenters. The number of rotatable bonds is 4. The van der Waals surface area contributed by atoms with Crippen LogP contribution in [0.1, 0.15) is 16.8 Å². The van der Waals surface area contributed by atoms with Crippen molar-refractivity contribution in [3.05, 3.63) is 72.3 Å². The Morgan fingerprint density at radius 1 is 0.946 bits per heavy atom. The number of para-hydroxylation sites is 2. The Balaban J connectivity index is 1.11. The maximum Gasteiger partial charge on any atom is 0.258 e. The second-order valence-corrected chi connectivity index (χ2v) is 8.97. The molecule has 0 aliphatic carbocycles. The molecule has 37 heavy (non-hydrogen) atoms. The Morgan fingerprint density at radius 3 is 2.57 bits per heavy atom. The highest BCUT2D eigenvalue weighted by Gasteiger charge is 2.36. The lowest BCUT2D eigenvalue weighted by Gasteiger charge is -2.29. The standard InChI is InChI=1S/C27H22N4O6/c32-24-14-31(21-4-2-1-3-20(21)29-24)27(35)16-5-7-18(8-6-16)28-26(34)17-11-25(33)30(13-17)19-9-10-22-23(12-19)37-15-36-22/h1-10,12,17H,11,13-15H2,(H,28,34)(H,29,32). The van der Waals surface area contributed by atoms with Crippen LogP contribution in [0, 0.1) is 5.92 Å². The Morgan fingerprint density at radius 2 is 1.73 bits per heavy atom. The summed E-state index contributed by atoms with van der Waals surface area (Å²) in [5.41, 5.74) is 2.75. The highest BCUT2D eigenvalue weighted by atomic mass is 16.7. The third-order valence-electron chi connectivity index (χ3n) is 6.58. The molecule has 3 heterocycles. The van der Waals surface area contributed by atoms with Crippen molar-refractivity contribution >= 4 is 46.4 Å². The van der Waals surface area contributed by atoms with Gasteiger partial charge in [0, 0.05) is 36.0 Å². The van der Waals surface area contributed by atoms with Gasteiger partial charge in [-0.2, -0.15) is 0 Å². The van der Waals surface area contributed by atoms with Gasteiger partial charge in [0.05, 0.1) is 17.3 Å². The molecule has 10 heteroatoms. The topological polar surface area (TPSA) is 117 Å². The molecule has 186 valence electrons. The summed E-state index contributed by atoms with van der Waals surface area (Å²) in [6, 6.07) is 18.8. The van der Waals surface area contributed by atoms with E-state index in [2.05, 4.69) is 10.6 Å². The SMILES string of the molecule is O=C1CN(C(=O)c2ccc(NC(=O)C3CC(=O)N(c4ccc5c(c4)OCO5)C3)cc2)c2ccccc2N1. The van der Waals surface area contributed by atoms with Gasteiger partial charge in [0.1, 0.15) is 6.54 Å². The van der Waals surface area contributed by atoms with Gasteiger partial charge in [0.15, 0.2) is 11.5 Å². The molecule has 0 bridgehead atoms. The van der Waals surface area contributed by atoms with Gasteiger partial charge < -0.3 is 25.0 Å². The summed E-state index contributed by atoms with van der Waals surface area (Å²) >= 11 is 0. The van der Waals surface area contributed by atoms with Crippen LogP contribution in [-0.2, 0) is 14.4 Å². The summed E-state index contributed by atoms with van der Waals surface area (Å²) in [7, 11) is 0. The lowest BCUT2D eigenvalue weighted by atomic mass is 10.1. The lowest BCUT2D eigenvalue weighted by Crippen LogP contribution is -2.42. The zero-order valence-corrected chi connectivity index (χ0v) is 19.6. The molecule has 1 unspecified atom stereocenters. The molecular formula is C27H22N4O6. The van der Waals surface area contributed by atoms with Crippen molar-refractivity contribution in [1.82, 2.24) is 0 Å². The first-order chi connectivity index (χ1) is 18.0. The maximum atomic E-state index is 13.1. The quantitative estimate of drug-likeness (QED) is 0.571. The molecule has 0 saturated carbocycles. The minimum absolute atomic E-state index is 0.0795. The van der Waals surface area contributed by atoms with Crippen LogP contribution in [0.5, 0.6) is 11.5 Å². The van der Waals surface area contributed by atoms with Crippen molar-refractivity contribution in [2.45, 2.75) is 6.42 Å². The van der Waals surface area contributed by atoms with Crippen LogP contribution in [0.3, 0.4) is 0 Å². The normalized spacial score (nSPS) is 17.9. The van der Waals surface area contributed by atoms with Crippen LogP contribution in [0.15, 0.2) is 66.7 Å². The van der Waals surface area contributed by atoms with Crippen molar-refractivity contribution in [2.75, 3.05) is 40.3 Å². The molecule has 3 aromatic rings. The molecule has 4 amide bonds. The van der Waals surface area contributed by atoms with Crippen molar-refractivity contribution in [3.8, 4) is 11.5 Å². The van der Waals surface area contributed by atoms with E-state index in [1.54, 1.807) is 71.6 Å². The average Bonchev–Trinajstić information content (AvgIpc) is 3.54. The van der Waals surface area contributed by atoms with Crippen molar-refractivity contribution in [3.63, 3.8) is 0 Å². The van der Waals surface area contributed by atoms with Gasteiger partial charge in [-0.25, -0.2) is 0 Å². The monoisotopic (exact) mass is 498 g/mol. The number of anilines is 4. The van der Waals surface area contributed by atoms with Crippen molar-refractivity contribution in [1.29, 1.82) is 0 Å². The van der Waals surface area contributed by atoms with Gasteiger partial charge in [0.2, 0.25) is 24.5 Å². The number of nitrogens with one attached hydrogen (secondary N) is 2. The van der Waals surface area contributed by atoms with Crippen LogP contribution < -0.4 is 29.9 Å². The number of ether oxygens (including phenoxy) is 2. The molecule has 6 rings (SSSR count). The summed E-state index contributed by atoms with van der Waals surface area (Å²) < 4.78 is 10.7. The number of carbonyl (C=O) groups excluding carboxylic acids is 4. The van der Waals surface area contributed by atoms with Crippen LogP contribution >= 0.6 is 0 Å². The number of fused-ring (bicyclic) bond motifs is 2. The van der Waals surface area contributed by atoms with Gasteiger partial charge in [0.25, 0.3) is 5.91 Å². The van der Waals surface area contributed by atoms with Crippen LogP contribution in [0.25, 0.3) is 0 Å². The first-order valence-electron chi connectivity index (χ1n) is 11.8. The van der Waals surface area contributed by atoms with E-state index >= 15 is 0 Å². The number of amides is 4. The maximum absolute atomic E-state index is 13.1. The first-order valence-corrected chi connectivity index (χ1v) is 11.8. The Labute approximate surface area is 211 Å². The van der Waals surface area contributed by atoms with Crippen molar-refractivity contribution < 1.29 is 28.7 Å². The van der Waals surface area contributed by atoms with E-state index in [1.807, 2.05) is 0 Å². The molecule has 10 nitrogen and oxygen atoms in total. The highest BCUT2D eigenvalue weighted by Crippen LogP contribution is 2.37. The summed E-state index contributed by atoms with van der Waals surface area (Å²) in [6.45, 7) is 0.310. The molecule has 3 aromatic carbocycles. The first kappa shape index (κ1) is 22.6. The number of hydrogen-bond donors (Lipinski definition) is 2. The number of hydrogen-bond acceptors (Lipinski definition) is 6. The molecule has 1 saturated heterocycles. The summed E-state index contributed by atoms with van der Waals surface area (Å²) in [5.74, 6) is -0.343. The fraction of sp³-hybridized carbons (Fsp3) is 0.185. The van der Waals surface area contributed by atoms with Gasteiger partial charge in [-0.3, -0.25) is 24.1 Å². The van der Waals surface area contributed by atoms with Crippen LogP contribution in [0.4, 0.5) is 22.7 Å².